The van der Waals surface area contributed by atoms with Gasteiger partial charge in [0.1, 0.15) is 15.1 Å². The average Bonchev–Trinajstić information content (AvgIpc) is 3.10. The van der Waals surface area contributed by atoms with E-state index in [4.69, 9.17) is 5.73 Å². The Hall–Kier alpha value is -2.14. The standard InChI is InChI=1S/C20H16N4O3S2.Na/c1-12-2-11-17-18(19(12)29(25,26)27)22-20(28-17)13-3-7-15(8-4-13)23-24-16-9-5-14(21)6-10-16;/h2-11H,21H2,1H3,(H,25,26,27);/q;+1/p-1. The Balaban J connectivity index is 0.00000256. The summed E-state index contributed by atoms with van der Waals surface area (Å²) in [5.74, 6) is 0. The van der Waals surface area contributed by atoms with E-state index in [-0.39, 0.29) is 40.0 Å². The maximum Gasteiger partial charge on any atom is 1.00 e. The van der Waals surface area contributed by atoms with Gasteiger partial charge in [0.2, 0.25) is 0 Å². The van der Waals surface area contributed by atoms with E-state index in [1.165, 1.54) is 11.3 Å². The third kappa shape index (κ3) is 4.77. The third-order valence-corrected chi connectivity index (χ3v) is 6.33. The van der Waals surface area contributed by atoms with Crippen LogP contribution in [0.15, 0.2) is 75.8 Å². The van der Waals surface area contributed by atoms with Gasteiger partial charge in [-0.3, -0.25) is 0 Å². The Morgan fingerprint density at radius 3 is 2.07 bits per heavy atom. The first-order valence-corrected chi connectivity index (χ1v) is 10.8. The minimum Gasteiger partial charge on any atom is -0.744 e. The molecule has 0 aliphatic rings. The second-order valence-electron chi connectivity index (χ2n) is 6.37. The van der Waals surface area contributed by atoms with Gasteiger partial charge in [0, 0.05) is 11.3 Å². The molecule has 3 aromatic carbocycles. The van der Waals surface area contributed by atoms with E-state index < -0.39 is 10.1 Å². The van der Waals surface area contributed by atoms with Crippen LogP contribution in [0.1, 0.15) is 5.56 Å². The van der Waals surface area contributed by atoms with E-state index in [0.29, 0.717) is 32.3 Å². The molecular weight excluding hydrogens is 431 g/mol. The molecule has 0 aliphatic carbocycles. The largest absolute Gasteiger partial charge is 1.00 e. The molecule has 0 fully saturated rings. The zero-order valence-electron chi connectivity index (χ0n) is 16.2. The van der Waals surface area contributed by atoms with Gasteiger partial charge >= 0.3 is 29.6 Å². The number of nitrogens with two attached hydrogens (primary N) is 1. The molecule has 0 bridgehead atoms. The number of hydrogen-bond donors (Lipinski definition) is 1. The molecule has 30 heavy (non-hydrogen) atoms. The maximum atomic E-state index is 11.6. The third-order valence-electron chi connectivity index (χ3n) is 4.25. The van der Waals surface area contributed by atoms with Crippen LogP contribution in [0.25, 0.3) is 20.8 Å². The number of aromatic nitrogens is 1. The van der Waals surface area contributed by atoms with Crippen LogP contribution in [0, 0.1) is 6.92 Å². The summed E-state index contributed by atoms with van der Waals surface area (Å²) in [5.41, 5.74) is 9.06. The number of hydrogen-bond acceptors (Lipinski definition) is 8. The molecule has 0 atom stereocenters. The zero-order valence-corrected chi connectivity index (χ0v) is 19.9. The molecule has 146 valence electrons. The fourth-order valence-corrected chi connectivity index (χ4v) is 4.74. The van der Waals surface area contributed by atoms with Crippen LogP contribution in [0.2, 0.25) is 0 Å². The summed E-state index contributed by atoms with van der Waals surface area (Å²) >= 11 is 1.33. The van der Waals surface area contributed by atoms with Gasteiger partial charge in [-0.2, -0.15) is 10.2 Å². The van der Waals surface area contributed by atoms with Crippen LogP contribution < -0.4 is 35.3 Å². The molecule has 2 N–H and O–H groups in total. The molecule has 0 radical (unpaired) electrons. The molecular formula is C20H15N4NaO3S2. The van der Waals surface area contributed by atoms with Crippen molar-refractivity contribution in [3.05, 3.63) is 66.2 Å². The van der Waals surface area contributed by atoms with Crippen molar-refractivity contribution in [3.63, 3.8) is 0 Å². The van der Waals surface area contributed by atoms with Crippen molar-refractivity contribution >= 4 is 48.7 Å². The first-order chi connectivity index (χ1) is 13.8. The Labute approximate surface area is 199 Å². The molecule has 7 nitrogen and oxygen atoms in total. The number of rotatable bonds is 4. The van der Waals surface area contributed by atoms with Crippen LogP contribution in [0.3, 0.4) is 0 Å². The normalized spacial score (nSPS) is 11.7. The number of azo groups is 1. The molecule has 0 spiro atoms. The van der Waals surface area contributed by atoms with E-state index in [2.05, 4.69) is 15.2 Å². The fourth-order valence-electron chi connectivity index (χ4n) is 2.84. The number of aryl methyl sites for hydroxylation is 1. The van der Waals surface area contributed by atoms with Gasteiger partial charge < -0.3 is 10.3 Å². The van der Waals surface area contributed by atoms with Gasteiger partial charge in [0.15, 0.2) is 0 Å². The van der Waals surface area contributed by atoms with Crippen molar-refractivity contribution in [1.82, 2.24) is 4.98 Å². The average molecular weight is 446 g/mol. The fraction of sp³-hybridized carbons (Fsp3) is 0.0500. The number of nitrogens with zero attached hydrogens (tertiary/aromatic N) is 3. The minimum atomic E-state index is -4.61. The van der Waals surface area contributed by atoms with Gasteiger partial charge in [0.05, 0.1) is 26.5 Å². The number of anilines is 1. The predicted molar refractivity (Wildman–Crippen MR) is 113 cm³/mol. The van der Waals surface area contributed by atoms with E-state index in [1.807, 2.05) is 12.1 Å². The SMILES string of the molecule is Cc1ccc2sc(-c3ccc(N=Nc4ccc(N)cc4)cc3)nc2c1S(=O)(=O)[O-].[Na+]. The topological polar surface area (TPSA) is 121 Å². The van der Waals surface area contributed by atoms with E-state index >= 15 is 0 Å². The Morgan fingerprint density at radius 2 is 1.50 bits per heavy atom. The summed E-state index contributed by atoms with van der Waals surface area (Å²) < 4.78 is 35.6. The first kappa shape index (κ1) is 22.5. The molecule has 4 aromatic rings. The van der Waals surface area contributed by atoms with Crippen LogP contribution in [0.4, 0.5) is 17.1 Å². The van der Waals surface area contributed by atoms with E-state index in [0.717, 1.165) is 5.56 Å². The molecule has 0 saturated heterocycles. The zero-order chi connectivity index (χ0) is 20.6. The molecule has 4 rings (SSSR count). The summed E-state index contributed by atoms with van der Waals surface area (Å²) in [7, 11) is -4.61. The van der Waals surface area contributed by atoms with Crippen molar-refractivity contribution in [2.75, 3.05) is 5.73 Å². The summed E-state index contributed by atoms with van der Waals surface area (Å²) in [6.45, 7) is 1.59. The first-order valence-electron chi connectivity index (χ1n) is 8.55. The van der Waals surface area contributed by atoms with Crippen LogP contribution >= 0.6 is 11.3 Å². The molecule has 0 aliphatic heterocycles. The summed E-state index contributed by atoms with van der Waals surface area (Å²) in [6, 6.07) is 17.7. The van der Waals surface area contributed by atoms with Gasteiger partial charge in [-0.25, -0.2) is 13.4 Å². The van der Waals surface area contributed by atoms with Crippen molar-refractivity contribution in [2.45, 2.75) is 11.8 Å². The molecule has 10 heteroatoms. The van der Waals surface area contributed by atoms with Crippen LogP contribution in [-0.2, 0) is 10.1 Å². The monoisotopic (exact) mass is 446 g/mol. The van der Waals surface area contributed by atoms with Crippen LogP contribution in [-0.4, -0.2) is 18.0 Å². The molecule has 0 saturated carbocycles. The molecule has 0 unspecified atom stereocenters. The maximum absolute atomic E-state index is 11.6. The summed E-state index contributed by atoms with van der Waals surface area (Å²) in [5, 5.41) is 8.97. The Kier molecular flexibility index (Phi) is 6.71. The van der Waals surface area contributed by atoms with Crippen molar-refractivity contribution in [2.24, 2.45) is 10.2 Å². The Bertz CT molecular complexity index is 1330. The van der Waals surface area contributed by atoms with Crippen LogP contribution in [0.5, 0.6) is 0 Å². The summed E-state index contributed by atoms with van der Waals surface area (Å²) in [4.78, 5) is 4.16. The quantitative estimate of drug-likeness (QED) is 0.223. The molecule has 1 heterocycles. The number of thiazole rings is 1. The second-order valence-corrected chi connectivity index (χ2v) is 8.72. The van der Waals surface area contributed by atoms with Gasteiger partial charge in [-0.1, -0.05) is 6.07 Å². The van der Waals surface area contributed by atoms with Crippen molar-refractivity contribution < 1.29 is 42.5 Å². The van der Waals surface area contributed by atoms with E-state index in [1.54, 1.807) is 55.5 Å². The number of benzene rings is 3. The Morgan fingerprint density at radius 1 is 0.933 bits per heavy atom. The summed E-state index contributed by atoms with van der Waals surface area (Å²) in [6.07, 6.45) is 0. The molecule has 1 aromatic heterocycles. The van der Waals surface area contributed by atoms with Crippen molar-refractivity contribution in [3.8, 4) is 10.6 Å². The van der Waals surface area contributed by atoms with Gasteiger partial charge in [-0.05, 0) is 67.1 Å². The van der Waals surface area contributed by atoms with E-state index in [9.17, 15) is 13.0 Å². The minimum absolute atomic E-state index is 0. The molecule has 0 amide bonds. The smallest absolute Gasteiger partial charge is 0.744 e. The van der Waals surface area contributed by atoms with Crippen molar-refractivity contribution in [1.29, 1.82) is 0 Å². The van der Waals surface area contributed by atoms with Gasteiger partial charge in [0.25, 0.3) is 0 Å². The predicted octanol–water partition coefficient (Wildman–Crippen LogP) is 2.18. The second kappa shape index (κ2) is 8.93. The number of fused-ring (bicyclic) bond motifs is 1. The van der Waals surface area contributed by atoms with Gasteiger partial charge in [-0.15, -0.1) is 11.3 Å². The number of nitrogen functional groups attached to an aromatic ring is 1.